The van der Waals surface area contributed by atoms with Crippen molar-refractivity contribution in [1.29, 1.82) is 0 Å². The monoisotopic (exact) mass is 439 g/mol. The second kappa shape index (κ2) is 9.86. The van der Waals surface area contributed by atoms with Crippen LogP contribution in [0.15, 0.2) is 48.5 Å². The molecule has 0 bridgehead atoms. The van der Waals surface area contributed by atoms with E-state index < -0.39 is 30.2 Å². The summed E-state index contributed by atoms with van der Waals surface area (Å²) in [4.78, 5) is 42.2. The molecule has 0 radical (unpaired) electrons. The molecule has 0 saturated heterocycles. The van der Waals surface area contributed by atoms with Crippen LogP contribution in [0.5, 0.6) is 5.75 Å². The van der Waals surface area contributed by atoms with E-state index in [4.69, 9.17) is 15.2 Å². The van der Waals surface area contributed by atoms with Gasteiger partial charge in [-0.05, 0) is 55.5 Å². The van der Waals surface area contributed by atoms with Crippen LogP contribution in [0.3, 0.4) is 0 Å². The molecule has 166 valence electrons. The van der Waals surface area contributed by atoms with Gasteiger partial charge in [0, 0.05) is 24.0 Å². The summed E-state index contributed by atoms with van der Waals surface area (Å²) < 4.78 is 23.7. The number of methoxy groups -OCH3 is 1. The largest absolute Gasteiger partial charge is 0.497 e. The van der Waals surface area contributed by atoms with Crippen molar-refractivity contribution in [3.63, 3.8) is 0 Å². The second-order valence-electron chi connectivity index (χ2n) is 6.99. The summed E-state index contributed by atoms with van der Waals surface area (Å²) in [6.07, 6.45) is -0.105. The maximum atomic E-state index is 13.2. The number of primary amides is 1. The molecule has 0 aliphatic heterocycles. The quantitative estimate of drug-likeness (QED) is 0.540. The Morgan fingerprint density at radius 3 is 2.47 bits per heavy atom. The van der Waals surface area contributed by atoms with E-state index >= 15 is 0 Å². The summed E-state index contributed by atoms with van der Waals surface area (Å²) in [6, 6.07) is 12.1. The zero-order valence-electron chi connectivity index (χ0n) is 17.6. The van der Waals surface area contributed by atoms with E-state index in [0.29, 0.717) is 28.0 Å². The number of aromatic nitrogens is 1. The number of esters is 1. The van der Waals surface area contributed by atoms with Crippen LogP contribution in [-0.4, -0.2) is 43.0 Å². The molecule has 0 spiro atoms. The van der Waals surface area contributed by atoms with Crippen molar-refractivity contribution < 1.29 is 28.2 Å². The number of nitrogens with zero attached hydrogens (tertiary/aromatic N) is 2. The molecule has 1 heterocycles. The lowest BCUT2D eigenvalue weighted by atomic mass is 10.1. The van der Waals surface area contributed by atoms with Gasteiger partial charge in [-0.15, -0.1) is 0 Å². The zero-order chi connectivity index (χ0) is 23.3. The van der Waals surface area contributed by atoms with Gasteiger partial charge in [-0.3, -0.25) is 14.6 Å². The molecule has 8 nitrogen and oxygen atoms in total. The molecule has 0 atom stereocenters. The minimum Gasteiger partial charge on any atom is -0.497 e. The van der Waals surface area contributed by atoms with Crippen LogP contribution < -0.4 is 15.4 Å². The number of halogens is 1. The maximum Gasteiger partial charge on any atom is 0.340 e. The highest BCUT2D eigenvalue weighted by Crippen LogP contribution is 2.22. The maximum absolute atomic E-state index is 13.2. The first kappa shape index (κ1) is 22.7. The molecule has 9 heteroatoms. The Morgan fingerprint density at radius 2 is 1.81 bits per heavy atom. The molecule has 32 heavy (non-hydrogen) atoms. The Kier molecular flexibility index (Phi) is 6.99. The van der Waals surface area contributed by atoms with Gasteiger partial charge in [0.15, 0.2) is 6.61 Å². The van der Waals surface area contributed by atoms with E-state index in [1.54, 1.807) is 31.2 Å². The summed E-state index contributed by atoms with van der Waals surface area (Å²) in [5.41, 5.74) is 6.88. The van der Waals surface area contributed by atoms with E-state index in [9.17, 15) is 18.8 Å². The lowest BCUT2D eigenvalue weighted by Gasteiger charge is -2.22. The Bertz CT molecular complexity index is 1160. The van der Waals surface area contributed by atoms with Crippen LogP contribution in [0.25, 0.3) is 10.9 Å². The molecule has 2 amide bonds. The third kappa shape index (κ3) is 5.37. The molecule has 2 aromatic carbocycles. The van der Waals surface area contributed by atoms with Crippen LogP contribution in [0.4, 0.5) is 10.1 Å². The Hall–Kier alpha value is -4.01. The summed E-state index contributed by atoms with van der Waals surface area (Å²) in [7, 11) is 1.54. The zero-order valence-corrected chi connectivity index (χ0v) is 17.6. The number of benzene rings is 2. The van der Waals surface area contributed by atoms with Gasteiger partial charge in [-0.2, -0.15) is 0 Å². The minimum absolute atomic E-state index is 0.0340. The van der Waals surface area contributed by atoms with Gasteiger partial charge in [0.2, 0.25) is 5.91 Å². The number of amides is 2. The van der Waals surface area contributed by atoms with Gasteiger partial charge in [0.05, 0.1) is 23.9 Å². The number of hydrogen-bond donors (Lipinski definition) is 1. The van der Waals surface area contributed by atoms with Crippen molar-refractivity contribution >= 4 is 34.4 Å². The number of rotatable bonds is 8. The summed E-state index contributed by atoms with van der Waals surface area (Å²) in [5.74, 6) is -1.77. The highest BCUT2D eigenvalue weighted by Gasteiger charge is 2.20. The molecule has 0 aliphatic carbocycles. The van der Waals surface area contributed by atoms with Gasteiger partial charge in [-0.1, -0.05) is 0 Å². The molecule has 2 N–H and O–H groups in total. The highest BCUT2D eigenvalue weighted by molar-refractivity contribution is 5.99. The first-order valence-electron chi connectivity index (χ1n) is 9.75. The Morgan fingerprint density at radius 1 is 1.09 bits per heavy atom. The second-order valence-corrected chi connectivity index (χ2v) is 6.99. The third-order valence-corrected chi connectivity index (χ3v) is 4.78. The Labute approximate surface area is 183 Å². The lowest BCUT2D eigenvalue weighted by molar-refractivity contribution is -0.121. The van der Waals surface area contributed by atoms with Crippen molar-refractivity contribution in [2.45, 2.75) is 13.3 Å². The van der Waals surface area contributed by atoms with Gasteiger partial charge >= 0.3 is 5.97 Å². The molecule has 0 aliphatic rings. The van der Waals surface area contributed by atoms with Gasteiger partial charge in [0.25, 0.3) is 5.91 Å². The number of hydrogen-bond acceptors (Lipinski definition) is 6. The van der Waals surface area contributed by atoms with E-state index in [2.05, 4.69) is 4.98 Å². The molecule has 3 aromatic rings. The van der Waals surface area contributed by atoms with Crippen LogP contribution in [0.2, 0.25) is 0 Å². The first-order chi connectivity index (χ1) is 15.3. The Balaban J connectivity index is 1.76. The average Bonchev–Trinajstić information content (AvgIpc) is 2.77. The normalized spacial score (nSPS) is 10.6. The summed E-state index contributed by atoms with van der Waals surface area (Å²) in [6.45, 7) is 1.05. The number of carbonyl (C=O) groups is 3. The number of ether oxygens (including phenoxy) is 2. The number of carbonyl (C=O) groups excluding carboxylic acids is 3. The predicted octanol–water partition coefficient (Wildman–Crippen LogP) is 2.76. The molecule has 0 fully saturated rings. The number of pyridine rings is 1. The van der Waals surface area contributed by atoms with E-state index in [0.717, 1.165) is 0 Å². The van der Waals surface area contributed by atoms with Crippen molar-refractivity contribution in [1.82, 2.24) is 4.98 Å². The number of nitrogens with two attached hydrogens (primary N) is 1. The SMILES string of the molecule is COc1ccc2nc(C)c(C(=O)OCC(=O)N(CCC(N)=O)c3ccc(F)cc3)cc2c1. The fourth-order valence-electron chi connectivity index (χ4n) is 3.11. The van der Waals surface area contributed by atoms with Crippen molar-refractivity contribution in [2.24, 2.45) is 5.73 Å². The molecule has 0 unspecified atom stereocenters. The number of anilines is 1. The predicted molar refractivity (Wildman–Crippen MR) is 116 cm³/mol. The van der Waals surface area contributed by atoms with Crippen LogP contribution >= 0.6 is 0 Å². The van der Waals surface area contributed by atoms with Crippen molar-refractivity contribution in [3.8, 4) is 5.75 Å². The molecular weight excluding hydrogens is 417 g/mol. The topological polar surface area (TPSA) is 112 Å². The standard InChI is InChI=1S/C23H22FN3O5/c1-14-19(12-15-11-18(31-2)7-8-20(15)26-14)23(30)32-13-22(29)27(10-9-21(25)28)17-5-3-16(24)4-6-17/h3-8,11-12H,9-10,13H2,1-2H3,(H2,25,28). The van der Waals surface area contributed by atoms with E-state index in [1.165, 1.54) is 36.3 Å². The van der Waals surface area contributed by atoms with Gasteiger partial charge in [-0.25, -0.2) is 9.18 Å². The fourth-order valence-corrected chi connectivity index (χ4v) is 3.11. The fraction of sp³-hybridized carbons (Fsp3) is 0.217. The van der Waals surface area contributed by atoms with E-state index in [-0.39, 0.29) is 18.5 Å². The molecule has 0 saturated carbocycles. The molecule has 1 aromatic heterocycles. The molecule has 3 rings (SSSR count). The smallest absolute Gasteiger partial charge is 0.340 e. The van der Waals surface area contributed by atoms with Crippen LogP contribution in [0, 0.1) is 12.7 Å². The van der Waals surface area contributed by atoms with Crippen molar-refractivity contribution in [3.05, 3.63) is 65.6 Å². The van der Waals surface area contributed by atoms with E-state index in [1.807, 2.05) is 0 Å². The molecular formula is C23H22FN3O5. The van der Waals surface area contributed by atoms with Gasteiger partial charge in [0.1, 0.15) is 11.6 Å². The minimum atomic E-state index is -0.720. The average molecular weight is 439 g/mol. The first-order valence-corrected chi connectivity index (χ1v) is 9.75. The number of aryl methyl sites for hydroxylation is 1. The highest BCUT2D eigenvalue weighted by atomic mass is 19.1. The third-order valence-electron chi connectivity index (χ3n) is 4.78. The summed E-state index contributed by atoms with van der Waals surface area (Å²) in [5, 5.41) is 0.683. The lowest BCUT2D eigenvalue weighted by Crippen LogP contribution is -2.37. The summed E-state index contributed by atoms with van der Waals surface area (Å²) >= 11 is 0. The van der Waals surface area contributed by atoms with Gasteiger partial charge < -0.3 is 20.1 Å². The van der Waals surface area contributed by atoms with Crippen LogP contribution in [0.1, 0.15) is 22.5 Å². The van der Waals surface area contributed by atoms with Crippen LogP contribution in [-0.2, 0) is 14.3 Å². The number of fused-ring (bicyclic) bond motifs is 1. The van der Waals surface area contributed by atoms with Crippen molar-refractivity contribution in [2.75, 3.05) is 25.2 Å².